The van der Waals surface area contributed by atoms with Gasteiger partial charge in [0.1, 0.15) is 12.4 Å². The monoisotopic (exact) mass is 491 g/mol. The van der Waals surface area contributed by atoms with Crippen molar-refractivity contribution in [3.63, 3.8) is 0 Å². The molecule has 2 aromatic carbocycles. The molecule has 0 radical (unpaired) electrons. The van der Waals surface area contributed by atoms with Crippen LogP contribution >= 0.6 is 11.6 Å². The summed E-state index contributed by atoms with van der Waals surface area (Å²) in [6.07, 6.45) is 5.29. The number of carbonyl (C=O) groups excluding carboxylic acids is 1. The van der Waals surface area contributed by atoms with E-state index in [9.17, 15) is 9.18 Å². The molecule has 2 aromatic heterocycles. The Morgan fingerprint density at radius 2 is 1.94 bits per heavy atom. The van der Waals surface area contributed by atoms with E-state index in [0.717, 1.165) is 12.0 Å². The zero-order valence-electron chi connectivity index (χ0n) is 19.0. The smallest absolute Gasteiger partial charge is 0.254 e. The van der Waals surface area contributed by atoms with Gasteiger partial charge in [0, 0.05) is 24.0 Å². The van der Waals surface area contributed by atoms with E-state index in [2.05, 4.69) is 25.6 Å². The topological polar surface area (TPSA) is 89.0 Å². The van der Waals surface area contributed by atoms with E-state index in [4.69, 9.17) is 16.3 Å². The van der Waals surface area contributed by atoms with Crippen molar-refractivity contribution in [2.75, 3.05) is 11.9 Å². The summed E-state index contributed by atoms with van der Waals surface area (Å²) < 4.78 is 20.5. The van der Waals surface area contributed by atoms with Crippen molar-refractivity contribution in [3.8, 4) is 17.1 Å². The number of anilines is 2. The number of benzene rings is 2. The average Bonchev–Trinajstić information content (AvgIpc) is 2.89. The van der Waals surface area contributed by atoms with Gasteiger partial charge in [0.2, 0.25) is 0 Å². The summed E-state index contributed by atoms with van der Waals surface area (Å²) in [6, 6.07) is 15.4. The van der Waals surface area contributed by atoms with E-state index in [1.807, 2.05) is 37.3 Å². The van der Waals surface area contributed by atoms with Crippen LogP contribution in [0.5, 0.6) is 5.75 Å². The molecule has 7 nitrogen and oxygen atoms in total. The highest BCUT2D eigenvalue weighted by Gasteiger charge is 2.17. The van der Waals surface area contributed by atoms with Gasteiger partial charge in [-0.3, -0.25) is 9.78 Å². The number of carbonyl (C=O) groups is 1. The Morgan fingerprint density at radius 3 is 2.74 bits per heavy atom. The minimum Gasteiger partial charge on any atom is -0.483 e. The molecule has 1 amide bonds. The minimum absolute atomic E-state index is 0.116. The van der Waals surface area contributed by atoms with Crippen molar-refractivity contribution in [2.45, 2.75) is 20.0 Å². The molecule has 0 spiro atoms. The van der Waals surface area contributed by atoms with Crippen molar-refractivity contribution < 1.29 is 13.9 Å². The third-order valence-electron chi connectivity index (χ3n) is 5.02. The number of aromatic nitrogens is 3. The zero-order chi connectivity index (χ0) is 24.6. The predicted molar refractivity (Wildman–Crippen MR) is 133 cm³/mol. The number of hydrogen-bond acceptors (Lipinski definition) is 6. The van der Waals surface area contributed by atoms with Crippen LogP contribution in [0.4, 0.5) is 15.9 Å². The summed E-state index contributed by atoms with van der Waals surface area (Å²) >= 11 is 6.07. The molecule has 0 bridgehead atoms. The lowest BCUT2D eigenvalue weighted by molar-refractivity contribution is 0.0954. The standard InChI is InChI=1S/C26H23ClFN5O2/c1-2-11-30-26(34)20-14-29-12-10-22(20)32-25-23(35-16-17-6-4-3-5-7-17)15-31-24(33-25)19-13-18(27)8-9-21(19)28/h3-10,12-15H,2,11,16H2,1H3,(H,30,34)(H,29,31,32,33). The van der Waals surface area contributed by atoms with Gasteiger partial charge < -0.3 is 15.4 Å². The van der Waals surface area contributed by atoms with Crippen molar-refractivity contribution in [1.29, 1.82) is 0 Å². The second kappa shape index (κ2) is 11.4. The molecular weight excluding hydrogens is 469 g/mol. The van der Waals surface area contributed by atoms with Crippen LogP contribution in [0.3, 0.4) is 0 Å². The van der Waals surface area contributed by atoms with Crippen LogP contribution in [0.1, 0.15) is 29.3 Å². The number of nitrogens with zero attached hydrogens (tertiary/aromatic N) is 3. The molecule has 0 saturated heterocycles. The van der Waals surface area contributed by atoms with Crippen LogP contribution in [-0.2, 0) is 6.61 Å². The first kappa shape index (κ1) is 24.1. The molecule has 35 heavy (non-hydrogen) atoms. The maximum atomic E-state index is 14.5. The third kappa shape index (κ3) is 6.10. The molecule has 2 heterocycles. The highest BCUT2D eigenvalue weighted by atomic mass is 35.5. The van der Waals surface area contributed by atoms with Crippen LogP contribution < -0.4 is 15.4 Å². The van der Waals surface area contributed by atoms with Crippen LogP contribution in [0, 0.1) is 5.82 Å². The zero-order valence-corrected chi connectivity index (χ0v) is 19.7. The Morgan fingerprint density at radius 1 is 1.11 bits per heavy atom. The number of rotatable bonds is 9. The first-order valence-electron chi connectivity index (χ1n) is 11.0. The fourth-order valence-corrected chi connectivity index (χ4v) is 3.42. The number of pyridine rings is 1. The summed E-state index contributed by atoms with van der Waals surface area (Å²) in [4.78, 5) is 25.5. The van der Waals surface area contributed by atoms with Gasteiger partial charge in [0.05, 0.1) is 23.0 Å². The van der Waals surface area contributed by atoms with E-state index in [-0.39, 0.29) is 29.7 Å². The van der Waals surface area contributed by atoms with Gasteiger partial charge in [-0.05, 0) is 36.2 Å². The van der Waals surface area contributed by atoms with Gasteiger partial charge in [-0.25, -0.2) is 14.4 Å². The molecule has 178 valence electrons. The van der Waals surface area contributed by atoms with Gasteiger partial charge in [-0.15, -0.1) is 0 Å². The number of halogens is 2. The van der Waals surface area contributed by atoms with E-state index < -0.39 is 5.82 Å². The molecule has 2 N–H and O–H groups in total. The molecule has 9 heteroatoms. The summed E-state index contributed by atoms with van der Waals surface area (Å²) in [5.74, 6) is -0.0744. The Bertz CT molecular complexity index is 1320. The van der Waals surface area contributed by atoms with E-state index in [1.54, 1.807) is 12.3 Å². The average molecular weight is 492 g/mol. The molecule has 0 saturated carbocycles. The first-order valence-corrected chi connectivity index (χ1v) is 11.4. The van der Waals surface area contributed by atoms with Gasteiger partial charge in [0.25, 0.3) is 5.91 Å². The Labute approximate surface area is 207 Å². The second-order valence-electron chi connectivity index (χ2n) is 7.61. The molecule has 0 aliphatic heterocycles. The normalized spacial score (nSPS) is 10.6. The SMILES string of the molecule is CCCNC(=O)c1cnccc1Nc1nc(-c2cc(Cl)ccc2F)ncc1OCc1ccccc1. The van der Waals surface area contributed by atoms with Crippen LogP contribution in [0.2, 0.25) is 5.02 Å². The molecule has 0 aliphatic carbocycles. The number of nitrogens with one attached hydrogen (secondary N) is 2. The van der Waals surface area contributed by atoms with Crippen molar-refractivity contribution in [1.82, 2.24) is 20.3 Å². The largest absolute Gasteiger partial charge is 0.483 e. The number of ether oxygens (including phenoxy) is 1. The molecule has 4 rings (SSSR count). The number of hydrogen-bond donors (Lipinski definition) is 2. The number of amides is 1. The third-order valence-corrected chi connectivity index (χ3v) is 5.25. The fraction of sp³-hybridized carbons (Fsp3) is 0.154. The minimum atomic E-state index is -0.512. The summed E-state index contributed by atoms with van der Waals surface area (Å²) in [5.41, 5.74) is 1.90. The highest BCUT2D eigenvalue weighted by molar-refractivity contribution is 6.30. The predicted octanol–water partition coefficient (Wildman–Crippen LogP) is 5.79. The van der Waals surface area contributed by atoms with E-state index in [1.165, 1.54) is 30.6 Å². The van der Waals surface area contributed by atoms with Gasteiger partial charge >= 0.3 is 0 Å². The summed E-state index contributed by atoms with van der Waals surface area (Å²) in [5, 5.41) is 6.34. The van der Waals surface area contributed by atoms with Gasteiger partial charge in [-0.2, -0.15) is 0 Å². The summed E-state index contributed by atoms with van der Waals surface area (Å²) in [6.45, 7) is 2.77. The Kier molecular flexibility index (Phi) is 7.84. The molecule has 4 aromatic rings. The molecule has 0 unspecified atom stereocenters. The molecule has 0 atom stereocenters. The van der Waals surface area contributed by atoms with Crippen LogP contribution in [0.15, 0.2) is 73.2 Å². The van der Waals surface area contributed by atoms with Crippen molar-refractivity contribution in [3.05, 3.63) is 95.2 Å². The maximum Gasteiger partial charge on any atom is 0.254 e. The van der Waals surface area contributed by atoms with E-state index >= 15 is 0 Å². The van der Waals surface area contributed by atoms with Crippen LogP contribution in [-0.4, -0.2) is 27.4 Å². The Balaban J connectivity index is 1.71. The Hall–Kier alpha value is -4.04. The fourth-order valence-electron chi connectivity index (χ4n) is 3.25. The summed E-state index contributed by atoms with van der Waals surface area (Å²) in [7, 11) is 0. The molecule has 0 fully saturated rings. The first-order chi connectivity index (χ1) is 17.0. The lowest BCUT2D eigenvalue weighted by Crippen LogP contribution is -2.25. The van der Waals surface area contributed by atoms with Crippen molar-refractivity contribution in [2.24, 2.45) is 0 Å². The van der Waals surface area contributed by atoms with Gasteiger partial charge in [-0.1, -0.05) is 48.9 Å². The highest BCUT2D eigenvalue weighted by Crippen LogP contribution is 2.31. The van der Waals surface area contributed by atoms with E-state index in [0.29, 0.717) is 28.6 Å². The maximum absolute atomic E-state index is 14.5. The van der Waals surface area contributed by atoms with Crippen LogP contribution in [0.25, 0.3) is 11.4 Å². The quantitative estimate of drug-likeness (QED) is 0.308. The molecular formula is C26H23ClFN5O2. The molecule has 0 aliphatic rings. The lowest BCUT2D eigenvalue weighted by atomic mass is 10.2. The second-order valence-corrected chi connectivity index (χ2v) is 8.04. The van der Waals surface area contributed by atoms with Gasteiger partial charge in [0.15, 0.2) is 17.4 Å². The lowest BCUT2D eigenvalue weighted by Gasteiger charge is -2.15. The van der Waals surface area contributed by atoms with Crippen molar-refractivity contribution >= 4 is 29.0 Å².